The second-order valence-corrected chi connectivity index (χ2v) is 6.53. The molecule has 0 aliphatic heterocycles. The molecule has 124 valence electrons. The Labute approximate surface area is 137 Å². The molecule has 1 aromatic rings. The summed E-state index contributed by atoms with van der Waals surface area (Å²) in [4.78, 5) is 36.1. The van der Waals surface area contributed by atoms with Crippen LogP contribution in [0.15, 0.2) is 30.3 Å². The molecule has 4 nitrogen and oxygen atoms in total. The third-order valence-corrected chi connectivity index (χ3v) is 4.48. The molecule has 0 aromatic heterocycles. The van der Waals surface area contributed by atoms with Crippen LogP contribution in [0, 0.1) is 17.8 Å². The molecule has 23 heavy (non-hydrogen) atoms. The molecule has 0 N–H and O–H groups in total. The molecule has 1 aliphatic carbocycles. The van der Waals surface area contributed by atoms with E-state index in [1.54, 1.807) is 0 Å². The van der Waals surface area contributed by atoms with Gasteiger partial charge in [0.25, 0.3) is 0 Å². The first-order chi connectivity index (χ1) is 11.0. The van der Waals surface area contributed by atoms with E-state index in [1.807, 2.05) is 44.2 Å². The lowest BCUT2D eigenvalue weighted by molar-refractivity contribution is -0.157. The maximum absolute atomic E-state index is 12.2. The van der Waals surface area contributed by atoms with E-state index in [-0.39, 0.29) is 30.1 Å². The molecule has 0 radical (unpaired) electrons. The summed E-state index contributed by atoms with van der Waals surface area (Å²) >= 11 is 0. The smallest absolute Gasteiger partial charge is 0.375 e. The van der Waals surface area contributed by atoms with Gasteiger partial charge < -0.3 is 4.74 Å². The normalized spacial score (nSPS) is 21.0. The third kappa shape index (κ3) is 4.75. The van der Waals surface area contributed by atoms with E-state index in [4.69, 9.17) is 4.74 Å². The van der Waals surface area contributed by atoms with Crippen molar-refractivity contribution in [1.29, 1.82) is 0 Å². The van der Waals surface area contributed by atoms with Gasteiger partial charge in [0.1, 0.15) is 12.4 Å². The van der Waals surface area contributed by atoms with E-state index in [0.29, 0.717) is 25.7 Å². The van der Waals surface area contributed by atoms with Crippen LogP contribution >= 0.6 is 0 Å². The zero-order valence-corrected chi connectivity index (χ0v) is 13.8. The van der Waals surface area contributed by atoms with E-state index in [2.05, 4.69) is 0 Å². The average molecular weight is 316 g/mol. The monoisotopic (exact) mass is 316 g/mol. The van der Waals surface area contributed by atoms with E-state index >= 15 is 0 Å². The van der Waals surface area contributed by atoms with E-state index in [0.717, 1.165) is 5.56 Å². The van der Waals surface area contributed by atoms with Gasteiger partial charge in [-0.3, -0.25) is 9.59 Å². The number of ether oxygens (including phenoxy) is 1. The van der Waals surface area contributed by atoms with Crippen molar-refractivity contribution in [2.75, 3.05) is 0 Å². The van der Waals surface area contributed by atoms with Crippen LogP contribution in [0.25, 0.3) is 0 Å². The minimum Gasteiger partial charge on any atom is -0.455 e. The maximum atomic E-state index is 12.2. The number of hydrogen-bond acceptors (Lipinski definition) is 4. The minimum atomic E-state index is -0.757. The molecule has 4 heteroatoms. The zero-order chi connectivity index (χ0) is 16.8. The molecule has 0 bridgehead atoms. The van der Waals surface area contributed by atoms with Crippen molar-refractivity contribution in [2.45, 2.75) is 46.1 Å². The van der Waals surface area contributed by atoms with Crippen molar-refractivity contribution in [1.82, 2.24) is 0 Å². The largest absolute Gasteiger partial charge is 0.455 e. The van der Waals surface area contributed by atoms with Gasteiger partial charge in [0, 0.05) is 17.8 Å². The van der Waals surface area contributed by atoms with Gasteiger partial charge in [-0.25, -0.2) is 4.79 Å². The summed E-state index contributed by atoms with van der Waals surface area (Å²) in [6.45, 7) is 3.92. The first kappa shape index (κ1) is 17.4. The molecule has 1 aliphatic rings. The van der Waals surface area contributed by atoms with Gasteiger partial charge in [-0.15, -0.1) is 0 Å². The van der Waals surface area contributed by atoms with Crippen LogP contribution in [-0.2, 0) is 25.7 Å². The van der Waals surface area contributed by atoms with Gasteiger partial charge in [0.2, 0.25) is 5.78 Å². The number of esters is 1. The number of ketones is 2. The molecule has 0 atom stereocenters. The Kier molecular flexibility index (Phi) is 6.08. The Morgan fingerprint density at radius 2 is 1.57 bits per heavy atom. The van der Waals surface area contributed by atoms with Crippen LogP contribution in [0.5, 0.6) is 0 Å². The summed E-state index contributed by atoms with van der Waals surface area (Å²) in [6.07, 6.45) is 2.59. The minimum absolute atomic E-state index is 0.0306. The van der Waals surface area contributed by atoms with E-state index in [1.165, 1.54) is 0 Å². The van der Waals surface area contributed by atoms with Gasteiger partial charge in [-0.1, -0.05) is 44.2 Å². The molecule has 0 heterocycles. The van der Waals surface area contributed by atoms with Crippen molar-refractivity contribution >= 4 is 17.5 Å². The van der Waals surface area contributed by atoms with Gasteiger partial charge in [-0.05, 0) is 31.2 Å². The summed E-state index contributed by atoms with van der Waals surface area (Å²) in [5.74, 6) is -1.16. The highest BCUT2D eigenvalue weighted by molar-refractivity contribution is 6.34. The molecule has 1 aromatic carbocycles. The number of benzene rings is 1. The van der Waals surface area contributed by atoms with Crippen molar-refractivity contribution in [3.8, 4) is 0 Å². The Morgan fingerprint density at radius 1 is 1.00 bits per heavy atom. The van der Waals surface area contributed by atoms with Crippen molar-refractivity contribution in [3.63, 3.8) is 0 Å². The van der Waals surface area contributed by atoms with Crippen LogP contribution < -0.4 is 0 Å². The summed E-state index contributed by atoms with van der Waals surface area (Å²) in [5.41, 5.74) is 0.861. The molecular formula is C19H24O4. The molecule has 0 spiro atoms. The average Bonchev–Trinajstić information content (AvgIpc) is 2.59. The zero-order valence-electron chi connectivity index (χ0n) is 13.8. The lowest BCUT2D eigenvalue weighted by atomic mass is 9.76. The van der Waals surface area contributed by atoms with Gasteiger partial charge in [0.15, 0.2) is 0 Å². The van der Waals surface area contributed by atoms with Crippen LogP contribution in [0.4, 0.5) is 0 Å². The number of rotatable bonds is 6. The molecule has 2 rings (SSSR count). The van der Waals surface area contributed by atoms with E-state index < -0.39 is 11.8 Å². The number of hydrogen-bond donors (Lipinski definition) is 0. The fourth-order valence-corrected chi connectivity index (χ4v) is 3.07. The fourth-order valence-electron chi connectivity index (χ4n) is 3.07. The lowest BCUT2D eigenvalue weighted by Gasteiger charge is -2.27. The van der Waals surface area contributed by atoms with Gasteiger partial charge in [-0.2, -0.15) is 0 Å². The molecule has 0 saturated heterocycles. The predicted octanol–water partition coefficient (Wildman–Crippen LogP) is 3.33. The molecule has 1 saturated carbocycles. The van der Waals surface area contributed by atoms with Gasteiger partial charge >= 0.3 is 5.97 Å². The number of carbonyl (C=O) groups is 3. The van der Waals surface area contributed by atoms with Crippen LogP contribution in [0.1, 0.15) is 45.1 Å². The first-order valence-electron chi connectivity index (χ1n) is 8.27. The fraction of sp³-hybridized carbons (Fsp3) is 0.526. The molecule has 1 fully saturated rings. The highest BCUT2D eigenvalue weighted by Gasteiger charge is 2.33. The van der Waals surface area contributed by atoms with E-state index in [9.17, 15) is 14.4 Å². The summed E-state index contributed by atoms with van der Waals surface area (Å²) in [6, 6.07) is 9.30. The second-order valence-electron chi connectivity index (χ2n) is 6.53. The summed E-state index contributed by atoms with van der Waals surface area (Å²) < 4.78 is 5.10. The Morgan fingerprint density at radius 3 is 2.13 bits per heavy atom. The Hall–Kier alpha value is -1.97. The standard InChI is InChI=1S/C19H24O4/c1-13(2)17(20)15-8-10-16(11-9-15)18(21)19(22)23-12-14-6-4-3-5-7-14/h3-7,13,15-16H,8-12H2,1-2H3. The number of carbonyl (C=O) groups excluding carboxylic acids is 3. The molecular weight excluding hydrogens is 292 g/mol. The quantitative estimate of drug-likeness (QED) is 0.596. The number of Topliss-reactive ketones (excluding diaryl/α,β-unsaturated/α-hetero) is 2. The van der Waals surface area contributed by atoms with Crippen LogP contribution in [0.2, 0.25) is 0 Å². The Balaban J connectivity index is 1.80. The highest BCUT2D eigenvalue weighted by atomic mass is 16.5. The lowest BCUT2D eigenvalue weighted by Crippen LogP contribution is -2.32. The topological polar surface area (TPSA) is 60.4 Å². The second kappa shape index (κ2) is 8.04. The Bertz CT molecular complexity index is 554. The highest BCUT2D eigenvalue weighted by Crippen LogP contribution is 2.31. The maximum Gasteiger partial charge on any atom is 0.375 e. The first-order valence-corrected chi connectivity index (χ1v) is 8.27. The molecule has 0 amide bonds. The third-order valence-electron chi connectivity index (χ3n) is 4.48. The summed E-state index contributed by atoms with van der Waals surface area (Å²) in [7, 11) is 0. The van der Waals surface area contributed by atoms with Gasteiger partial charge in [0.05, 0.1) is 0 Å². The predicted molar refractivity (Wildman–Crippen MR) is 86.5 cm³/mol. The molecule has 0 unspecified atom stereocenters. The summed E-state index contributed by atoms with van der Waals surface area (Å²) in [5, 5.41) is 0. The van der Waals surface area contributed by atoms with Crippen molar-refractivity contribution in [2.24, 2.45) is 17.8 Å². The van der Waals surface area contributed by atoms with Crippen LogP contribution in [-0.4, -0.2) is 17.5 Å². The van der Waals surface area contributed by atoms with Crippen molar-refractivity contribution in [3.05, 3.63) is 35.9 Å². The van der Waals surface area contributed by atoms with Crippen molar-refractivity contribution < 1.29 is 19.1 Å². The van der Waals surface area contributed by atoms with Crippen LogP contribution in [0.3, 0.4) is 0 Å². The SMILES string of the molecule is CC(C)C(=O)C1CCC(C(=O)C(=O)OCc2ccccc2)CC1.